The lowest BCUT2D eigenvalue weighted by Crippen LogP contribution is -2.21. The third-order valence-corrected chi connectivity index (χ3v) is 4.20. The number of rotatable bonds is 3. The number of esters is 1. The van der Waals surface area contributed by atoms with Crippen LogP contribution in [-0.2, 0) is 22.4 Å². The number of carbonyl (C=O) groups excluding carboxylic acids is 2. The number of amides is 1. The summed E-state index contributed by atoms with van der Waals surface area (Å²) in [7, 11) is 1.23. The van der Waals surface area contributed by atoms with Gasteiger partial charge in [-0.2, -0.15) is 8.78 Å². The van der Waals surface area contributed by atoms with Crippen molar-refractivity contribution in [2.45, 2.75) is 32.1 Å². The Hall–Kier alpha value is -1.50. The summed E-state index contributed by atoms with van der Waals surface area (Å²) in [5.41, 5.74) is 1.06. The van der Waals surface area contributed by atoms with E-state index in [0.29, 0.717) is 6.42 Å². The van der Waals surface area contributed by atoms with Crippen molar-refractivity contribution in [1.82, 2.24) is 0 Å². The topological polar surface area (TPSA) is 55.4 Å². The summed E-state index contributed by atoms with van der Waals surface area (Å²) < 4.78 is 29.2. The quantitative estimate of drug-likeness (QED) is 0.870. The molecule has 19 heavy (non-hydrogen) atoms. The Bertz CT molecular complexity index is 513. The SMILES string of the molecule is COC(=O)c1c(NC(=O)C(F)F)sc2c1CCCC2. The second-order valence-electron chi connectivity index (χ2n) is 4.20. The summed E-state index contributed by atoms with van der Waals surface area (Å²) in [6.45, 7) is 0. The number of nitrogens with one attached hydrogen (secondary N) is 1. The van der Waals surface area contributed by atoms with Crippen LogP contribution in [0.3, 0.4) is 0 Å². The number of alkyl halides is 2. The van der Waals surface area contributed by atoms with Gasteiger partial charge in [-0.1, -0.05) is 0 Å². The molecule has 7 heteroatoms. The van der Waals surface area contributed by atoms with E-state index in [1.165, 1.54) is 18.4 Å². The molecule has 0 saturated carbocycles. The highest BCUT2D eigenvalue weighted by Gasteiger charge is 2.28. The van der Waals surface area contributed by atoms with Gasteiger partial charge in [-0.15, -0.1) is 11.3 Å². The van der Waals surface area contributed by atoms with E-state index in [4.69, 9.17) is 0 Å². The van der Waals surface area contributed by atoms with E-state index in [1.54, 1.807) is 0 Å². The molecule has 0 saturated heterocycles. The first-order valence-electron chi connectivity index (χ1n) is 5.86. The Morgan fingerprint density at radius 2 is 2.00 bits per heavy atom. The standard InChI is InChI=1S/C12H13F2NO3S/c1-18-12(17)8-6-4-2-3-5-7(6)19-11(8)15-10(16)9(13)14/h9H,2-5H2,1H3,(H,15,16). The van der Waals surface area contributed by atoms with Crippen molar-refractivity contribution in [2.75, 3.05) is 12.4 Å². The van der Waals surface area contributed by atoms with Gasteiger partial charge in [0.1, 0.15) is 5.00 Å². The molecule has 0 radical (unpaired) electrons. The number of halogens is 2. The Balaban J connectivity index is 2.39. The number of methoxy groups -OCH3 is 1. The first-order valence-corrected chi connectivity index (χ1v) is 6.68. The molecule has 1 aromatic heterocycles. The van der Waals surface area contributed by atoms with E-state index in [2.05, 4.69) is 10.1 Å². The fourth-order valence-electron chi connectivity index (χ4n) is 2.14. The van der Waals surface area contributed by atoms with Crippen LogP contribution in [0.4, 0.5) is 13.8 Å². The van der Waals surface area contributed by atoms with Crippen LogP contribution < -0.4 is 5.32 Å². The van der Waals surface area contributed by atoms with Crippen molar-refractivity contribution in [3.63, 3.8) is 0 Å². The van der Waals surface area contributed by atoms with Crippen LogP contribution in [0.1, 0.15) is 33.6 Å². The molecule has 0 spiro atoms. The lowest BCUT2D eigenvalue weighted by atomic mass is 9.95. The largest absolute Gasteiger partial charge is 0.465 e. The minimum absolute atomic E-state index is 0.170. The van der Waals surface area contributed by atoms with Gasteiger partial charge in [0.2, 0.25) is 0 Å². The van der Waals surface area contributed by atoms with Crippen LogP contribution in [0.15, 0.2) is 0 Å². The summed E-state index contributed by atoms with van der Waals surface area (Å²) in [5, 5.41) is 2.28. The molecular formula is C12H13F2NO3S. The number of ether oxygens (including phenoxy) is 1. The summed E-state index contributed by atoms with van der Waals surface area (Å²) in [6.07, 6.45) is 0.339. The molecule has 0 fully saturated rings. The van der Waals surface area contributed by atoms with Gasteiger partial charge in [-0.3, -0.25) is 4.79 Å². The van der Waals surface area contributed by atoms with E-state index in [0.717, 1.165) is 29.7 Å². The zero-order chi connectivity index (χ0) is 14.0. The van der Waals surface area contributed by atoms with Crippen LogP contribution >= 0.6 is 11.3 Å². The second-order valence-corrected chi connectivity index (χ2v) is 5.30. The zero-order valence-corrected chi connectivity index (χ0v) is 11.1. The number of thiophene rings is 1. The third-order valence-electron chi connectivity index (χ3n) is 3.00. The molecule has 0 aliphatic heterocycles. The van der Waals surface area contributed by atoms with Crippen molar-refractivity contribution < 1.29 is 23.1 Å². The highest BCUT2D eigenvalue weighted by Crippen LogP contribution is 2.38. The number of hydrogen-bond donors (Lipinski definition) is 1. The molecule has 0 aromatic carbocycles. The van der Waals surface area contributed by atoms with Gasteiger partial charge < -0.3 is 10.1 Å². The molecular weight excluding hydrogens is 276 g/mol. The van der Waals surface area contributed by atoms with E-state index < -0.39 is 18.3 Å². The van der Waals surface area contributed by atoms with Gasteiger partial charge >= 0.3 is 12.4 Å². The zero-order valence-electron chi connectivity index (χ0n) is 10.3. The maximum Gasteiger partial charge on any atom is 0.341 e. The number of anilines is 1. The molecule has 4 nitrogen and oxygen atoms in total. The normalized spacial score (nSPS) is 14.1. The van der Waals surface area contributed by atoms with Gasteiger partial charge in [0.25, 0.3) is 5.91 Å². The molecule has 1 aromatic rings. The molecule has 0 unspecified atom stereocenters. The first-order chi connectivity index (χ1) is 9.04. The summed E-state index contributed by atoms with van der Waals surface area (Å²) in [6, 6.07) is 0. The average molecular weight is 289 g/mol. The number of carbonyl (C=O) groups is 2. The minimum Gasteiger partial charge on any atom is -0.465 e. The maximum atomic E-state index is 12.3. The Morgan fingerprint density at radius 1 is 1.32 bits per heavy atom. The number of fused-ring (bicyclic) bond motifs is 1. The maximum absolute atomic E-state index is 12.3. The Labute approximate surface area is 112 Å². The van der Waals surface area contributed by atoms with Crippen molar-refractivity contribution >= 4 is 28.2 Å². The van der Waals surface area contributed by atoms with E-state index in [9.17, 15) is 18.4 Å². The molecule has 1 amide bonds. The third kappa shape index (κ3) is 2.75. The summed E-state index contributed by atoms with van der Waals surface area (Å²) in [5.74, 6) is -1.99. The lowest BCUT2D eigenvalue weighted by Gasteiger charge is -2.11. The smallest absolute Gasteiger partial charge is 0.341 e. The van der Waals surface area contributed by atoms with E-state index in [1.807, 2.05) is 0 Å². The molecule has 0 bridgehead atoms. The molecule has 1 aliphatic carbocycles. The fourth-order valence-corrected chi connectivity index (χ4v) is 3.42. The molecule has 1 N–H and O–H groups in total. The second kappa shape index (κ2) is 5.64. The molecule has 1 heterocycles. The van der Waals surface area contributed by atoms with Gasteiger partial charge in [0, 0.05) is 4.88 Å². The molecule has 104 valence electrons. The van der Waals surface area contributed by atoms with Crippen molar-refractivity contribution in [1.29, 1.82) is 0 Å². The summed E-state index contributed by atoms with van der Waals surface area (Å²) >= 11 is 1.19. The highest BCUT2D eigenvalue weighted by atomic mass is 32.1. The molecule has 0 atom stereocenters. The monoisotopic (exact) mass is 289 g/mol. The lowest BCUT2D eigenvalue weighted by molar-refractivity contribution is -0.126. The fraction of sp³-hybridized carbons (Fsp3) is 0.500. The predicted octanol–water partition coefficient (Wildman–Crippen LogP) is 2.62. The predicted molar refractivity (Wildman–Crippen MR) is 66.9 cm³/mol. The Morgan fingerprint density at radius 3 is 2.63 bits per heavy atom. The average Bonchev–Trinajstić information content (AvgIpc) is 2.75. The number of hydrogen-bond acceptors (Lipinski definition) is 4. The van der Waals surface area contributed by atoms with Crippen LogP contribution in [0.2, 0.25) is 0 Å². The van der Waals surface area contributed by atoms with Gasteiger partial charge in [-0.05, 0) is 31.2 Å². The van der Waals surface area contributed by atoms with Crippen LogP contribution in [0.5, 0.6) is 0 Å². The number of aryl methyl sites for hydroxylation is 1. The van der Waals surface area contributed by atoms with Gasteiger partial charge in [0.05, 0.1) is 12.7 Å². The van der Waals surface area contributed by atoms with Crippen LogP contribution in [0.25, 0.3) is 0 Å². The van der Waals surface area contributed by atoms with Crippen molar-refractivity contribution in [3.05, 3.63) is 16.0 Å². The van der Waals surface area contributed by atoms with Crippen molar-refractivity contribution in [2.24, 2.45) is 0 Å². The van der Waals surface area contributed by atoms with Crippen LogP contribution in [0, 0.1) is 0 Å². The highest BCUT2D eigenvalue weighted by molar-refractivity contribution is 7.17. The van der Waals surface area contributed by atoms with Gasteiger partial charge in [0.15, 0.2) is 0 Å². The molecule has 1 aliphatic rings. The minimum atomic E-state index is -3.11. The Kier molecular flexibility index (Phi) is 4.14. The van der Waals surface area contributed by atoms with E-state index in [-0.39, 0.29) is 10.6 Å². The van der Waals surface area contributed by atoms with Gasteiger partial charge in [-0.25, -0.2) is 4.79 Å². The molecule has 2 rings (SSSR count). The first kappa shape index (κ1) is 13.9. The van der Waals surface area contributed by atoms with Crippen LogP contribution in [-0.4, -0.2) is 25.4 Å². The summed E-state index contributed by atoms with van der Waals surface area (Å²) in [4.78, 5) is 23.8. The van der Waals surface area contributed by atoms with E-state index >= 15 is 0 Å². The van der Waals surface area contributed by atoms with Crippen molar-refractivity contribution in [3.8, 4) is 0 Å².